The monoisotopic (exact) mass is 190 g/mol. The van der Waals surface area contributed by atoms with Crippen LogP contribution in [0.5, 0.6) is 0 Å². The van der Waals surface area contributed by atoms with Crippen molar-refractivity contribution in [3.05, 3.63) is 10.7 Å². The fourth-order valence-corrected chi connectivity index (χ4v) is 3.13. The number of aromatic nitrogens is 1. The lowest BCUT2D eigenvalue weighted by molar-refractivity contribution is 0.679. The molecule has 0 amide bonds. The van der Waals surface area contributed by atoms with Crippen molar-refractivity contribution in [2.45, 2.75) is 18.1 Å². The van der Waals surface area contributed by atoms with Crippen molar-refractivity contribution in [3.63, 3.8) is 0 Å². The zero-order valence-corrected chi connectivity index (χ0v) is 8.30. The van der Waals surface area contributed by atoms with E-state index in [0.29, 0.717) is 4.21 Å². The Morgan fingerprint density at radius 3 is 2.27 bits per heavy atom. The number of nitrogens with one attached hydrogen (secondary N) is 1. The molecule has 0 fully saturated rings. The highest BCUT2D eigenvalue weighted by molar-refractivity contribution is 7.93. The normalized spacial score (nSPS) is 16.3. The molecule has 0 aliphatic carbocycles. The first-order chi connectivity index (χ1) is 4.91. The van der Waals surface area contributed by atoms with Crippen molar-refractivity contribution >= 4 is 21.1 Å². The van der Waals surface area contributed by atoms with Crippen LogP contribution in [0.4, 0.5) is 0 Å². The topological polar surface area (TPSA) is 53.8 Å². The summed E-state index contributed by atoms with van der Waals surface area (Å²) in [7, 11) is -2.56. The molecule has 1 atom stereocenters. The van der Waals surface area contributed by atoms with Crippen LogP contribution in [0, 0.1) is 18.6 Å². The molecule has 11 heavy (non-hydrogen) atoms. The zero-order chi connectivity index (χ0) is 8.65. The van der Waals surface area contributed by atoms with Gasteiger partial charge in [-0.05, 0) is 13.8 Å². The number of hydrogen-bond donors (Lipinski definition) is 1. The molecule has 1 aromatic heterocycles. The second kappa shape index (κ2) is 2.57. The minimum atomic E-state index is -2.56. The van der Waals surface area contributed by atoms with Crippen molar-refractivity contribution in [2.75, 3.05) is 6.26 Å². The first-order valence-electron chi connectivity index (χ1n) is 3.09. The molecule has 0 spiro atoms. The van der Waals surface area contributed by atoms with Crippen LogP contribution in [-0.4, -0.2) is 15.4 Å². The summed E-state index contributed by atoms with van der Waals surface area (Å²) in [4.78, 5) is 4.10. The first kappa shape index (κ1) is 8.67. The molecule has 0 saturated heterocycles. The van der Waals surface area contributed by atoms with Gasteiger partial charge < -0.3 is 0 Å². The zero-order valence-electron chi connectivity index (χ0n) is 6.67. The Morgan fingerprint density at radius 2 is 2.09 bits per heavy atom. The van der Waals surface area contributed by atoms with Crippen LogP contribution in [-0.2, 0) is 9.73 Å². The van der Waals surface area contributed by atoms with Crippen LogP contribution in [0.1, 0.15) is 10.7 Å². The van der Waals surface area contributed by atoms with E-state index in [1.54, 1.807) is 6.92 Å². The van der Waals surface area contributed by atoms with Gasteiger partial charge in [0.1, 0.15) is 4.21 Å². The number of aryl methyl sites for hydroxylation is 2. The highest BCUT2D eigenvalue weighted by Crippen LogP contribution is 2.22. The third-order valence-corrected chi connectivity index (χ3v) is 4.29. The Hall–Kier alpha value is -0.420. The van der Waals surface area contributed by atoms with E-state index < -0.39 is 9.73 Å². The van der Waals surface area contributed by atoms with Crippen LogP contribution in [0.15, 0.2) is 4.21 Å². The maximum absolute atomic E-state index is 11.3. The molecule has 0 saturated carbocycles. The van der Waals surface area contributed by atoms with Crippen molar-refractivity contribution in [2.24, 2.45) is 0 Å². The third kappa shape index (κ3) is 1.78. The first-order valence-corrected chi connectivity index (χ1v) is 5.87. The van der Waals surface area contributed by atoms with E-state index in [-0.39, 0.29) is 0 Å². The fraction of sp³-hybridized carbons (Fsp3) is 0.500. The predicted octanol–water partition coefficient (Wildman–Crippen LogP) is 1.80. The van der Waals surface area contributed by atoms with Gasteiger partial charge in [0, 0.05) is 6.26 Å². The highest BCUT2D eigenvalue weighted by atomic mass is 32.2. The smallest absolute Gasteiger partial charge is 0.122 e. The molecular weight excluding hydrogens is 180 g/mol. The second-order valence-electron chi connectivity index (χ2n) is 2.45. The quantitative estimate of drug-likeness (QED) is 0.734. The summed E-state index contributed by atoms with van der Waals surface area (Å²) in [5, 5.41) is 0.874. The largest absolute Gasteiger partial charge is 0.248 e. The summed E-state index contributed by atoms with van der Waals surface area (Å²) >= 11 is 1.35. The Labute approximate surface area is 70.5 Å². The third-order valence-electron chi connectivity index (χ3n) is 1.21. The van der Waals surface area contributed by atoms with Gasteiger partial charge in [0.05, 0.1) is 20.4 Å². The molecule has 3 nitrogen and oxygen atoms in total. The fourth-order valence-electron chi connectivity index (χ4n) is 0.874. The minimum Gasteiger partial charge on any atom is -0.248 e. The molecule has 0 aliphatic rings. The molecule has 0 radical (unpaired) electrons. The molecule has 1 rings (SSSR count). The van der Waals surface area contributed by atoms with Crippen molar-refractivity contribution in [1.82, 2.24) is 4.98 Å². The second-order valence-corrected chi connectivity index (χ2v) is 6.01. The lowest BCUT2D eigenvalue weighted by Crippen LogP contribution is -1.93. The van der Waals surface area contributed by atoms with Gasteiger partial charge in [-0.3, -0.25) is 0 Å². The average Bonchev–Trinajstić information content (AvgIpc) is 2.08. The Kier molecular flexibility index (Phi) is 2.02. The van der Waals surface area contributed by atoms with Crippen molar-refractivity contribution in [3.8, 4) is 0 Å². The van der Waals surface area contributed by atoms with Gasteiger partial charge >= 0.3 is 0 Å². The maximum atomic E-state index is 11.3. The van der Waals surface area contributed by atoms with Crippen LogP contribution in [0.25, 0.3) is 0 Å². The number of nitrogens with zero attached hydrogens (tertiary/aromatic N) is 1. The number of rotatable bonds is 1. The van der Waals surface area contributed by atoms with E-state index in [1.165, 1.54) is 17.6 Å². The van der Waals surface area contributed by atoms with Crippen molar-refractivity contribution in [1.29, 1.82) is 4.78 Å². The lowest BCUT2D eigenvalue weighted by Gasteiger charge is -1.94. The summed E-state index contributed by atoms with van der Waals surface area (Å²) in [6, 6.07) is 0. The molecule has 62 valence electrons. The van der Waals surface area contributed by atoms with E-state index in [4.69, 9.17) is 4.78 Å². The maximum Gasteiger partial charge on any atom is 0.122 e. The number of thiazole rings is 1. The van der Waals surface area contributed by atoms with Crippen LogP contribution < -0.4 is 0 Å². The predicted molar refractivity (Wildman–Crippen MR) is 46.6 cm³/mol. The van der Waals surface area contributed by atoms with Crippen molar-refractivity contribution < 1.29 is 4.21 Å². The van der Waals surface area contributed by atoms with Crippen LogP contribution in [0.3, 0.4) is 0 Å². The van der Waals surface area contributed by atoms with Gasteiger partial charge in [0.2, 0.25) is 0 Å². The molecule has 0 bridgehead atoms. The molecule has 0 unspecified atom stereocenters. The summed E-state index contributed by atoms with van der Waals surface area (Å²) in [5.74, 6) is 0. The van der Waals surface area contributed by atoms with Gasteiger partial charge in [-0.25, -0.2) is 14.0 Å². The molecule has 0 aliphatic heterocycles. The van der Waals surface area contributed by atoms with E-state index in [2.05, 4.69) is 4.98 Å². The van der Waals surface area contributed by atoms with Gasteiger partial charge in [0.15, 0.2) is 0 Å². The summed E-state index contributed by atoms with van der Waals surface area (Å²) < 4.78 is 19.2. The summed E-state index contributed by atoms with van der Waals surface area (Å²) in [5.41, 5.74) is 0.731. The lowest BCUT2D eigenvalue weighted by atomic mass is 10.6. The molecule has 1 aromatic rings. The molecule has 1 N–H and O–H groups in total. The standard InChI is InChI=1S/C6H10N2OS2/c1-4-6(11(3,7)9)10-5(2)8-4/h7H,1-3H3/t11-/m1/s1. The van der Waals surface area contributed by atoms with Gasteiger partial charge in [-0.2, -0.15) is 0 Å². The Morgan fingerprint density at radius 1 is 1.55 bits per heavy atom. The van der Waals surface area contributed by atoms with Crippen LogP contribution >= 0.6 is 11.3 Å². The number of hydrogen-bond acceptors (Lipinski definition) is 4. The molecule has 0 aromatic carbocycles. The molecule has 1 heterocycles. The van der Waals surface area contributed by atoms with Gasteiger partial charge in [0.25, 0.3) is 0 Å². The summed E-state index contributed by atoms with van der Waals surface area (Å²) in [6.45, 7) is 3.64. The van der Waals surface area contributed by atoms with E-state index in [0.717, 1.165) is 10.7 Å². The SMILES string of the molecule is Cc1nc(C)c([S@](C)(=N)=O)s1. The van der Waals surface area contributed by atoms with E-state index in [1.807, 2.05) is 6.92 Å². The van der Waals surface area contributed by atoms with Crippen LogP contribution in [0.2, 0.25) is 0 Å². The Balaban J connectivity index is 3.36. The summed E-state index contributed by atoms with van der Waals surface area (Å²) in [6.07, 6.45) is 1.42. The van der Waals surface area contributed by atoms with E-state index >= 15 is 0 Å². The average molecular weight is 190 g/mol. The minimum absolute atomic E-state index is 0.606. The van der Waals surface area contributed by atoms with Gasteiger partial charge in [-0.15, -0.1) is 11.3 Å². The molecule has 5 heteroatoms. The van der Waals surface area contributed by atoms with Gasteiger partial charge in [-0.1, -0.05) is 0 Å². The highest BCUT2D eigenvalue weighted by Gasteiger charge is 2.11. The Bertz CT molecular complexity index is 364. The van der Waals surface area contributed by atoms with E-state index in [9.17, 15) is 4.21 Å². The molecular formula is C6H10N2OS2.